The molecule has 0 saturated carbocycles. The minimum atomic E-state index is 0.206. The van der Waals surface area contributed by atoms with Gasteiger partial charge in [0, 0.05) is 12.5 Å². The molecular weight excluding hydrogens is 102 g/mol. The highest BCUT2D eigenvalue weighted by molar-refractivity contribution is 5.80. The van der Waals surface area contributed by atoms with Crippen LogP contribution in [0.4, 0.5) is 0 Å². The van der Waals surface area contributed by atoms with Gasteiger partial charge in [-0.15, -0.1) is 0 Å². The van der Waals surface area contributed by atoms with E-state index in [-0.39, 0.29) is 11.8 Å². The molecule has 46 valence electrons. The van der Waals surface area contributed by atoms with E-state index in [1.807, 2.05) is 6.92 Å². The fourth-order valence-corrected chi connectivity index (χ4v) is 0.858. The normalized spacial score (nSPS) is 37.5. The quantitative estimate of drug-likeness (QED) is 0.483. The van der Waals surface area contributed by atoms with Gasteiger partial charge >= 0.3 is 0 Å². The third-order valence-electron chi connectivity index (χ3n) is 1.87. The molecule has 2 atom stereocenters. The van der Waals surface area contributed by atoms with Crippen LogP contribution in [-0.4, -0.2) is 12.5 Å². The van der Waals surface area contributed by atoms with Gasteiger partial charge < -0.3 is 5.32 Å². The van der Waals surface area contributed by atoms with Crippen molar-refractivity contribution in [2.75, 3.05) is 6.54 Å². The molecule has 1 amide bonds. The van der Waals surface area contributed by atoms with Gasteiger partial charge in [-0.25, -0.2) is 0 Å². The number of hydrogen-bond acceptors (Lipinski definition) is 1. The number of rotatable bonds is 0. The Morgan fingerprint density at radius 3 is 2.38 bits per heavy atom. The minimum Gasteiger partial charge on any atom is -0.356 e. The molecule has 0 bridgehead atoms. The van der Waals surface area contributed by atoms with Crippen LogP contribution >= 0.6 is 0 Å². The first-order chi connectivity index (χ1) is 3.72. The molecule has 0 aromatic carbocycles. The molecule has 0 aromatic heterocycles. The van der Waals surface area contributed by atoms with Crippen LogP contribution in [0.3, 0.4) is 0 Å². The summed E-state index contributed by atoms with van der Waals surface area (Å²) < 4.78 is 0. The lowest BCUT2D eigenvalue weighted by atomic mass is 10.0. The number of amides is 1. The molecule has 1 saturated heterocycles. The summed E-state index contributed by atoms with van der Waals surface area (Å²) in [5.41, 5.74) is 0. The van der Waals surface area contributed by atoms with E-state index >= 15 is 0 Å². The number of hydrogen-bond donors (Lipinski definition) is 1. The van der Waals surface area contributed by atoms with Crippen molar-refractivity contribution >= 4 is 5.91 Å². The van der Waals surface area contributed by atoms with Gasteiger partial charge in [0.2, 0.25) is 5.91 Å². The summed E-state index contributed by atoms with van der Waals surface area (Å²) in [6.45, 7) is 4.91. The van der Waals surface area contributed by atoms with Crippen LogP contribution < -0.4 is 5.32 Å². The van der Waals surface area contributed by atoms with Crippen molar-refractivity contribution < 1.29 is 4.79 Å². The molecular formula is C6H11NO. The van der Waals surface area contributed by atoms with Gasteiger partial charge in [-0.1, -0.05) is 13.8 Å². The fourth-order valence-electron chi connectivity index (χ4n) is 0.858. The third kappa shape index (κ3) is 0.703. The standard InChI is InChI=1S/C6H11NO/c1-4-3-7-6(8)5(4)2/h4-5H,3H2,1-2H3,(H,7,8)/t4?,5-/m0/s1. The van der Waals surface area contributed by atoms with Crippen LogP contribution in [0.2, 0.25) is 0 Å². The molecule has 0 radical (unpaired) electrons. The van der Waals surface area contributed by atoms with Gasteiger partial charge in [0.1, 0.15) is 0 Å². The Kier molecular flexibility index (Phi) is 1.24. The van der Waals surface area contributed by atoms with Gasteiger partial charge in [0.25, 0.3) is 0 Å². The Morgan fingerprint density at radius 1 is 1.62 bits per heavy atom. The maximum Gasteiger partial charge on any atom is 0.223 e. The van der Waals surface area contributed by atoms with Crippen molar-refractivity contribution in [2.24, 2.45) is 11.8 Å². The summed E-state index contributed by atoms with van der Waals surface area (Å²) in [6.07, 6.45) is 0. The number of carbonyl (C=O) groups is 1. The van der Waals surface area contributed by atoms with Crippen LogP contribution in [0.1, 0.15) is 13.8 Å². The predicted octanol–water partition coefficient (Wildman–Crippen LogP) is 0.388. The van der Waals surface area contributed by atoms with Crippen molar-refractivity contribution in [2.45, 2.75) is 13.8 Å². The van der Waals surface area contributed by atoms with Crippen molar-refractivity contribution in [3.63, 3.8) is 0 Å². The van der Waals surface area contributed by atoms with Crippen LogP contribution in [0.15, 0.2) is 0 Å². The van der Waals surface area contributed by atoms with Crippen molar-refractivity contribution in [3.05, 3.63) is 0 Å². The monoisotopic (exact) mass is 113 g/mol. The Labute approximate surface area is 49.3 Å². The van der Waals surface area contributed by atoms with Gasteiger partial charge in [-0.2, -0.15) is 0 Å². The lowest BCUT2D eigenvalue weighted by Crippen LogP contribution is -2.16. The third-order valence-corrected chi connectivity index (χ3v) is 1.87. The molecule has 1 aliphatic heterocycles. The zero-order chi connectivity index (χ0) is 6.15. The molecule has 2 heteroatoms. The second kappa shape index (κ2) is 1.77. The van der Waals surface area contributed by atoms with E-state index in [0.717, 1.165) is 6.54 Å². The first-order valence-electron chi connectivity index (χ1n) is 2.99. The molecule has 1 rings (SSSR count). The highest BCUT2D eigenvalue weighted by Crippen LogP contribution is 2.14. The van der Waals surface area contributed by atoms with Crippen molar-refractivity contribution in [1.29, 1.82) is 0 Å². The zero-order valence-corrected chi connectivity index (χ0v) is 5.27. The van der Waals surface area contributed by atoms with E-state index in [4.69, 9.17) is 0 Å². The molecule has 1 aliphatic rings. The Hall–Kier alpha value is -0.530. The summed E-state index contributed by atoms with van der Waals surface area (Å²) in [4.78, 5) is 10.7. The molecule has 1 fully saturated rings. The number of nitrogens with one attached hydrogen (secondary N) is 1. The maximum atomic E-state index is 10.7. The lowest BCUT2D eigenvalue weighted by Gasteiger charge is -2.00. The van der Waals surface area contributed by atoms with Crippen LogP contribution in [0, 0.1) is 11.8 Å². The van der Waals surface area contributed by atoms with Gasteiger partial charge in [0.05, 0.1) is 0 Å². The van der Waals surface area contributed by atoms with Gasteiger partial charge in [-0.05, 0) is 5.92 Å². The Morgan fingerprint density at radius 2 is 2.25 bits per heavy atom. The van der Waals surface area contributed by atoms with E-state index in [1.54, 1.807) is 0 Å². The topological polar surface area (TPSA) is 29.1 Å². The van der Waals surface area contributed by atoms with Crippen molar-refractivity contribution in [1.82, 2.24) is 5.32 Å². The van der Waals surface area contributed by atoms with E-state index in [1.165, 1.54) is 0 Å². The average molecular weight is 113 g/mol. The summed E-state index contributed by atoms with van der Waals surface area (Å²) in [7, 11) is 0. The fraction of sp³-hybridized carbons (Fsp3) is 0.833. The number of carbonyl (C=O) groups excluding carboxylic acids is 1. The smallest absolute Gasteiger partial charge is 0.223 e. The van der Waals surface area contributed by atoms with Gasteiger partial charge in [-0.3, -0.25) is 4.79 Å². The van der Waals surface area contributed by atoms with E-state index in [2.05, 4.69) is 12.2 Å². The predicted molar refractivity (Wildman–Crippen MR) is 31.3 cm³/mol. The minimum absolute atomic E-state index is 0.206. The highest BCUT2D eigenvalue weighted by atomic mass is 16.2. The van der Waals surface area contributed by atoms with E-state index in [9.17, 15) is 4.79 Å². The first-order valence-corrected chi connectivity index (χ1v) is 2.99. The second-order valence-corrected chi connectivity index (χ2v) is 2.51. The zero-order valence-electron chi connectivity index (χ0n) is 5.27. The molecule has 1 heterocycles. The highest BCUT2D eigenvalue weighted by Gasteiger charge is 2.26. The maximum absolute atomic E-state index is 10.7. The molecule has 1 unspecified atom stereocenters. The molecule has 0 aromatic rings. The Bertz CT molecular complexity index is 111. The molecule has 0 aliphatic carbocycles. The SMILES string of the molecule is CC1CNC(=O)[C@H]1C. The molecule has 2 nitrogen and oxygen atoms in total. The summed E-state index contributed by atoms with van der Waals surface area (Å²) in [5.74, 6) is 0.968. The molecule has 1 N–H and O–H groups in total. The summed E-state index contributed by atoms with van der Waals surface area (Å²) in [6, 6.07) is 0. The lowest BCUT2D eigenvalue weighted by molar-refractivity contribution is -0.122. The summed E-state index contributed by atoms with van der Waals surface area (Å²) in [5, 5.41) is 2.78. The van der Waals surface area contributed by atoms with Gasteiger partial charge in [0.15, 0.2) is 0 Å². The summed E-state index contributed by atoms with van der Waals surface area (Å²) >= 11 is 0. The van der Waals surface area contributed by atoms with Crippen LogP contribution in [0.25, 0.3) is 0 Å². The van der Waals surface area contributed by atoms with Crippen molar-refractivity contribution in [3.8, 4) is 0 Å². The first kappa shape index (κ1) is 5.60. The largest absolute Gasteiger partial charge is 0.356 e. The molecule has 8 heavy (non-hydrogen) atoms. The average Bonchev–Trinajstić information content (AvgIpc) is 1.98. The van der Waals surface area contributed by atoms with Crippen LogP contribution in [0.5, 0.6) is 0 Å². The van der Waals surface area contributed by atoms with Crippen LogP contribution in [-0.2, 0) is 4.79 Å². The van der Waals surface area contributed by atoms with E-state index < -0.39 is 0 Å². The second-order valence-electron chi connectivity index (χ2n) is 2.51. The molecule has 0 spiro atoms. The van der Waals surface area contributed by atoms with E-state index in [0.29, 0.717) is 5.92 Å². The Balaban J connectivity index is 2.56.